The van der Waals surface area contributed by atoms with E-state index in [1.54, 1.807) is 0 Å². The summed E-state index contributed by atoms with van der Waals surface area (Å²) in [7, 11) is 1.97. The standard InChI is InChI=1S/C24H37N7O.HI/c1-6-25-24(27-18(2)16-22-19(3)28-29(5)20(22)4)26-17-23(32)31-14-12-30(13-15-31)21-10-8-7-9-11-21;/h7-11,18H,6,12-17H2,1-5H3,(H2,25,26,27);1H. The lowest BCUT2D eigenvalue weighted by atomic mass is 10.1. The van der Waals surface area contributed by atoms with Gasteiger partial charge in [0.05, 0.1) is 5.69 Å². The number of anilines is 1. The van der Waals surface area contributed by atoms with Crippen LogP contribution in [0.4, 0.5) is 5.69 Å². The quantitative estimate of drug-likeness (QED) is 0.306. The first-order chi connectivity index (χ1) is 15.4. The number of aliphatic imine (C=N–C) groups is 1. The molecule has 0 radical (unpaired) electrons. The molecule has 1 aliphatic heterocycles. The molecule has 1 aromatic carbocycles. The molecule has 2 heterocycles. The van der Waals surface area contributed by atoms with Crippen molar-refractivity contribution >= 4 is 41.5 Å². The number of piperazine rings is 1. The number of aromatic nitrogens is 2. The molecular weight excluding hydrogens is 529 g/mol. The van der Waals surface area contributed by atoms with E-state index in [4.69, 9.17) is 0 Å². The molecule has 1 unspecified atom stereocenters. The number of para-hydroxylation sites is 1. The van der Waals surface area contributed by atoms with Crippen molar-refractivity contribution in [1.82, 2.24) is 25.3 Å². The fourth-order valence-corrected chi connectivity index (χ4v) is 4.12. The van der Waals surface area contributed by atoms with Gasteiger partial charge >= 0.3 is 0 Å². The first kappa shape index (κ1) is 26.9. The summed E-state index contributed by atoms with van der Waals surface area (Å²) in [4.78, 5) is 21.6. The highest BCUT2D eigenvalue weighted by Crippen LogP contribution is 2.16. The molecule has 0 spiro atoms. The molecule has 33 heavy (non-hydrogen) atoms. The smallest absolute Gasteiger partial charge is 0.244 e. The second-order valence-corrected chi connectivity index (χ2v) is 8.42. The molecule has 2 N–H and O–H groups in total. The van der Waals surface area contributed by atoms with Gasteiger partial charge in [0.2, 0.25) is 5.91 Å². The van der Waals surface area contributed by atoms with Gasteiger partial charge in [0.15, 0.2) is 5.96 Å². The second kappa shape index (κ2) is 12.8. The molecule has 1 aliphatic rings. The number of nitrogens with one attached hydrogen (secondary N) is 2. The lowest BCUT2D eigenvalue weighted by molar-refractivity contribution is -0.129. The zero-order valence-electron chi connectivity index (χ0n) is 20.5. The third kappa shape index (κ3) is 7.35. The molecule has 0 saturated carbocycles. The molecule has 2 aromatic rings. The third-order valence-corrected chi connectivity index (χ3v) is 6.02. The number of hydrogen-bond donors (Lipinski definition) is 2. The van der Waals surface area contributed by atoms with Crippen LogP contribution < -0.4 is 15.5 Å². The Morgan fingerprint density at radius 3 is 2.39 bits per heavy atom. The molecule has 3 rings (SSSR count). The summed E-state index contributed by atoms with van der Waals surface area (Å²) < 4.78 is 1.92. The summed E-state index contributed by atoms with van der Waals surface area (Å²) in [5, 5.41) is 11.2. The molecule has 1 amide bonds. The van der Waals surface area contributed by atoms with Crippen LogP contribution in [0.3, 0.4) is 0 Å². The maximum absolute atomic E-state index is 12.8. The SMILES string of the molecule is CCNC(=NCC(=O)N1CCN(c2ccccc2)CC1)NC(C)Cc1c(C)nn(C)c1C.I. The van der Waals surface area contributed by atoms with E-state index in [1.165, 1.54) is 16.9 Å². The van der Waals surface area contributed by atoms with E-state index in [9.17, 15) is 4.79 Å². The minimum absolute atomic E-state index is 0. The fourth-order valence-electron chi connectivity index (χ4n) is 4.12. The number of rotatable bonds is 7. The Bertz CT molecular complexity index is 920. The topological polar surface area (TPSA) is 77.8 Å². The van der Waals surface area contributed by atoms with Gasteiger partial charge in [0.25, 0.3) is 0 Å². The summed E-state index contributed by atoms with van der Waals surface area (Å²) in [5.41, 5.74) is 4.72. The van der Waals surface area contributed by atoms with E-state index in [-0.39, 0.29) is 42.5 Å². The van der Waals surface area contributed by atoms with Gasteiger partial charge in [-0.1, -0.05) is 18.2 Å². The predicted molar refractivity (Wildman–Crippen MR) is 146 cm³/mol. The highest BCUT2D eigenvalue weighted by molar-refractivity contribution is 14.0. The van der Waals surface area contributed by atoms with Crippen molar-refractivity contribution < 1.29 is 4.79 Å². The van der Waals surface area contributed by atoms with Gasteiger partial charge in [-0.2, -0.15) is 5.10 Å². The van der Waals surface area contributed by atoms with Crippen LogP contribution in [0.25, 0.3) is 0 Å². The average Bonchev–Trinajstić information content (AvgIpc) is 3.04. The molecule has 1 fully saturated rings. The molecular formula is C24H38IN7O. The minimum atomic E-state index is 0. The number of aryl methyl sites for hydroxylation is 2. The number of halogens is 1. The number of nitrogens with zero attached hydrogens (tertiary/aromatic N) is 5. The molecule has 0 aliphatic carbocycles. The zero-order valence-corrected chi connectivity index (χ0v) is 22.8. The van der Waals surface area contributed by atoms with Crippen molar-refractivity contribution in [3.8, 4) is 0 Å². The third-order valence-electron chi connectivity index (χ3n) is 6.02. The number of benzene rings is 1. The van der Waals surface area contributed by atoms with Crippen LogP contribution in [0.2, 0.25) is 0 Å². The van der Waals surface area contributed by atoms with Gasteiger partial charge in [-0.25, -0.2) is 4.99 Å². The molecule has 9 heteroatoms. The molecule has 0 bridgehead atoms. The van der Waals surface area contributed by atoms with Crippen LogP contribution in [0.15, 0.2) is 35.3 Å². The van der Waals surface area contributed by atoms with Crippen LogP contribution in [-0.4, -0.2) is 71.9 Å². The Kier molecular flexibility index (Phi) is 10.5. The molecule has 1 atom stereocenters. The Labute approximate surface area is 214 Å². The summed E-state index contributed by atoms with van der Waals surface area (Å²) in [5.74, 6) is 0.747. The summed E-state index contributed by atoms with van der Waals surface area (Å²) >= 11 is 0. The minimum Gasteiger partial charge on any atom is -0.368 e. The number of hydrogen-bond acceptors (Lipinski definition) is 4. The number of carbonyl (C=O) groups excluding carboxylic acids is 1. The molecule has 8 nitrogen and oxygen atoms in total. The van der Waals surface area contributed by atoms with Crippen molar-refractivity contribution in [2.24, 2.45) is 12.0 Å². The summed E-state index contributed by atoms with van der Waals surface area (Å²) in [6.07, 6.45) is 0.852. The van der Waals surface area contributed by atoms with Gasteiger partial charge in [0, 0.05) is 57.2 Å². The van der Waals surface area contributed by atoms with Crippen molar-refractivity contribution in [3.05, 3.63) is 47.3 Å². The van der Waals surface area contributed by atoms with Gasteiger partial charge in [-0.05, 0) is 51.8 Å². The molecule has 1 aromatic heterocycles. The maximum Gasteiger partial charge on any atom is 0.244 e. The molecule has 182 valence electrons. The number of carbonyl (C=O) groups is 1. The van der Waals surface area contributed by atoms with Crippen molar-refractivity contribution in [2.45, 2.75) is 40.2 Å². The van der Waals surface area contributed by atoms with E-state index >= 15 is 0 Å². The van der Waals surface area contributed by atoms with Crippen LogP contribution in [0.5, 0.6) is 0 Å². The number of guanidine groups is 1. The van der Waals surface area contributed by atoms with E-state index in [1.807, 2.05) is 36.5 Å². The maximum atomic E-state index is 12.8. The highest BCUT2D eigenvalue weighted by atomic mass is 127. The van der Waals surface area contributed by atoms with E-state index in [0.29, 0.717) is 5.96 Å². The van der Waals surface area contributed by atoms with Crippen molar-refractivity contribution in [3.63, 3.8) is 0 Å². The molecule has 1 saturated heterocycles. The van der Waals surface area contributed by atoms with E-state index in [0.717, 1.165) is 44.8 Å². The van der Waals surface area contributed by atoms with Gasteiger partial charge in [-0.15, -0.1) is 24.0 Å². The lowest BCUT2D eigenvalue weighted by Crippen LogP contribution is -2.50. The normalized spacial score (nSPS) is 15.1. The Morgan fingerprint density at radius 1 is 1.15 bits per heavy atom. The van der Waals surface area contributed by atoms with Crippen LogP contribution in [0.1, 0.15) is 30.8 Å². The summed E-state index contributed by atoms with van der Waals surface area (Å²) in [6.45, 7) is 12.3. The van der Waals surface area contributed by atoms with Crippen LogP contribution in [-0.2, 0) is 18.3 Å². The summed E-state index contributed by atoms with van der Waals surface area (Å²) in [6, 6.07) is 10.5. The van der Waals surface area contributed by atoms with Crippen LogP contribution >= 0.6 is 24.0 Å². The predicted octanol–water partition coefficient (Wildman–Crippen LogP) is 2.49. The van der Waals surface area contributed by atoms with Gasteiger partial charge in [-0.3, -0.25) is 9.48 Å². The van der Waals surface area contributed by atoms with E-state index < -0.39 is 0 Å². The first-order valence-corrected chi connectivity index (χ1v) is 11.5. The van der Waals surface area contributed by atoms with E-state index in [2.05, 4.69) is 63.7 Å². The number of amides is 1. The van der Waals surface area contributed by atoms with Crippen molar-refractivity contribution in [1.29, 1.82) is 0 Å². The van der Waals surface area contributed by atoms with Gasteiger partial charge in [0.1, 0.15) is 6.54 Å². The second-order valence-electron chi connectivity index (χ2n) is 8.42. The Balaban J connectivity index is 0.00000385. The highest BCUT2D eigenvalue weighted by Gasteiger charge is 2.21. The monoisotopic (exact) mass is 567 g/mol. The fraction of sp³-hybridized carbons (Fsp3) is 0.542. The van der Waals surface area contributed by atoms with Crippen molar-refractivity contribution in [2.75, 3.05) is 44.2 Å². The van der Waals surface area contributed by atoms with Gasteiger partial charge < -0.3 is 20.4 Å². The first-order valence-electron chi connectivity index (χ1n) is 11.5. The lowest BCUT2D eigenvalue weighted by Gasteiger charge is -2.36. The Hall–Kier alpha value is -2.30. The Morgan fingerprint density at radius 2 is 1.82 bits per heavy atom. The van der Waals surface area contributed by atoms with Crippen LogP contribution in [0, 0.1) is 13.8 Å². The average molecular weight is 568 g/mol. The zero-order chi connectivity index (χ0) is 23.1. The largest absolute Gasteiger partial charge is 0.368 e.